The average Bonchev–Trinajstić information content (AvgIpc) is 3.23. The van der Waals surface area contributed by atoms with Crippen molar-refractivity contribution in [1.82, 2.24) is 4.98 Å². The van der Waals surface area contributed by atoms with E-state index < -0.39 is 18.0 Å². The summed E-state index contributed by atoms with van der Waals surface area (Å²) in [4.78, 5) is 29.4. The lowest BCUT2D eigenvalue weighted by Gasteiger charge is -2.12. The summed E-state index contributed by atoms with van der Waals surface area (Å²) in [6.45, 7) is 0.271. The fraction of sp³-hybridized carbons (Fsp3) is 0.115. The molecule has 3 aromatic carbocycles. The Morgan fingerprint density at radius 2 is 1.55 bits per heavy atom. The van der Waals surface area contributed by atoms with Gasteiger partial charge in [-0.1, -0.05) is 72.8 Å². The largest absolute Gasteiger partial charge is 0.463 e. The molecule has 5 nitrogen and oxygen atoms in total. The zero-order valence-electron chi connectivity index (χ0n) is 16.7. The normalized spacial score (nSPS) is 15.6. The van der Waals surface area contributed by atoms with Gasteiger partial charge in [-0.05, 0) is 23.3 Å². The van der Waals surface area contributed by atoms with Crippen molar-refractivity contribution in [3.8, 4) is 22.4 Å². The van der Waals surface area contributed by atoms with Crippen molar-refractivity contribution < 1.29 is 19.1 Å². The number of aromatic nitrogens is 1. The molecule has 0 saturated carbocycles. The van der Waals surface area contributed by atoms with E-state index in [0.717, 1.165) is 16.7 Å². The number of ether oxygens (including phenoxy) is 2. The van der Waals surface area contributed by atoms with Crippen molar-refractivity contribution in [1.29, 1.82) is 0 Å². The fourth-order valence-corrected chi connectivity index (χ4v) is 3.73. The number of esters is 2. The minimum atomic E-state index is -0.854. The molecule has 2 heterocycles. The van der Waals surface area contributed by atoms with Crippen LogP contribution in [0.3, 0.4) is 0 Å². The third-order valence-electron chi connectivity index (χ3n) is 5.36. The minimum absolute atomic E-state index is 0.271. The van der Waals surface area contributed by atoms with Crippen molar-refractivity contribution in [2.45, 2.75) is 12.5 Å². The van der Waals surface area contributed by atoms with Crippen LogP contribution in [-0.2, 0) is 14.3 Å². The molecule has 0 amide bonds. The smallest absolute Gasteiger partial charge is 0.347 e. The standard InChI is InChI=1S/C26H19NO4/c28-25(31-24-14-15-30-26(24)29)21-16-23(27-22-9-5-4-8-20(21)22)19-12-10-18(11-13-19)17-6-2-1-3-7-17/h1-13,16,24H,14-15H2/t24-/m0/s1. The molecule has 1 fully saturated rings. The maximum atomic E-state index is 12.9. The number of carbonyl (C=O) groups excluding carboxylic acids is 2. The summed E-state index contributed by atoms with van der Waals surface area (Å²) in [5.41, 5.74) is 4.86. The Morgan fingerprint density at radius 1 is 0.871 bits per heavy atom. The van der Waals surface area contributed by atoms with Gasteiger partial charge < -0.3 is 9.47 Å². The van der Waals surface area contributed by atoms with Crippen LogP contribution in [0.2, 0.25) is 0 Å². The second-order valence-corrected chi connectivity index (χ2v) is 7.37. The van der Waals surface area contributed by atoms with Crippen LogP contribution in [0.4, 0.5) is 0 Å². The van der Waals surface area contributed by atoms with E-state index in [9.17, 15) is 9.59 Å². The summed E-state index contributed by atoms with van der Waals surface area (Å²) in [7, 11) is 0. The van der Waals surface area contributed by atoms with Crippen LogP contribution in [0.5, 0.6) is 0 Å². The molecular weight excluding hydrogens is 390 g/mol. The predicted molar refractivity (Wildman–Crippen MR) is 117 cm³/mol. The number of rotatable bonds is 4. The van der Waals surface area contributed by atoms with Crippen molar-refractivity contribution in [2.75, 3.05) is 6.61 Å². The third kappa shape index (κ3) is 3.78. The lowest BCUT2D eigenvalue weighted by molar-refractivity contribution is -0.145. The van der Waals surface area contributed by atoms with E-state index in [-0.39, 0.29) is 6.61 Å². The molecule has 1 aliphatic rings. The molecule has 1 aliphatic heterocycles. The van der Waals surface area contributed by atoms with E-state index in [0.29, 0.717) is 28.6 Å². The van der Waals surface area contributed by atoms with Gasteiger partial charge in [-0.2, -0.15) is 0 Å². The van der Waals surface area contributed by atoms with Crippen molar-refractivity contribution in [2.24, 2.45) is 0 Å². The van der Waals surface area contributed by atoms with Crippen LogP contribution < -0.4 is 0 Å². The van der Waals surface area contributed by atoms with Crippen LogP contribution in [0.15, 0.2) is 84.9 Å². The van der Waals surface area contributed by atoms with Crippen LogP contribution in [0, 0.1) is 0 Å². The maximum Gasteiger partial charge on any atom is 0.347 e. The van der Waals surface area contributed by atoms with Gasteiger partial charge >= 0.3 is 11.9 Å². The van der Waals surface area contributed by atoms with Crippen molar-refractivity contribution in [3.63, 3.8) is 0 Å². The van der Waals surface area contributed by atoms with Gasteiger partial charge in [0.15, 0.2) is 0 Å². The van der Waals surface area contributed by atoms with Gasteiger partial charge in [-0.15, -0.1) is 0 Å². The predicted octanol–water partition coefficient (Wildman–Crippen LogP) is 5.04. The summed E-state index contributed by atoms with van der Waals surface area (Å²) in [6, 6.07) is 27.3. The Balaban J connectivity index is 1.52. The number of hydrogen-bond donors (Lipinski definition) is 0. The van der Waals surface area contributed by atoms with E-state index in [2.05, 4.69) is 12.1 Å². The molecule has 0 N–H and O–H groups in total. The SMILES string of the molecule is O=C(O[C@H]1CCOC1=O)c1cc(-c2ccc(-c3ccccc3)cc2)nc2ccccc12. The highest BCUT2D eigenvalue weighted by molar-refractivity contribution is 6.05. The summed E-state index contributed by atoms with van der Waals surface area (Å²) in [6.07, 6.45) is -0.477. The first-order valence-electron chi connectivity index (χ1n) is 10.1. The lowest BCUT2D eigenvalue weighted by atomic mass is 10.0. The molecule has 1 aromatic heterocycles. The van der Waals surface area contributed by atoms with Crippen LogP contribution in [0.1, 0.15) is 16.8 Å². The molecule has 0 bridgehead atoms. The topological polar surface area (TPSA) is 65.5 Å². The van der Waals surface area contributed by atoms with Crippen LogP contribution in [0.25, 0.3) is 33.3 Å². The van der Waals surface area contributed by atoms with Gasteiger partial charge in [-0.25, -0.2) is 14.6 Å². The highest BCUT2D eigenvalue weighted by Gasteiger charge is 2.31. The van der Waals surface area contributed by atoms with E-state index in [1.165, 1.54) is 0 Å². The Bertz CT molecular complexity index is 1270. The molecule has 31 heavy (non-hydrogen) atoms. The van der Waals surface area contributed by atoms with Crippen molar-refractivity contribution in [3.05, 3.63) is 90.5 Å². The molecule has 5 rings (SSSR count). The second-order valence-electron chi connectivity index (χ2n) is 7.37. The van der Waals surface area contributed by atoms with Gasteiger partial charge in [0.1, 0.15) is 0 Å². The lowest BCUT2D eigenvalue weighted by Crippen LogP contribution is -2.23. The molecule has 152 valence electrons. The van der Waals surface area contributed by atoms with Gasteiger partial charge in [0.25, 0.3) is 0 Å². The highest BCUT2D eigenvalue weighted by Crippen LogP contribution is 2.28. The Labute approximate surface area is 179 Å². The molecular formula is C26H19NO4. The number of benzene rings is 3. The number of cyclic esters (lactones) is 1. The molecule has 0 radical (unpaired) electrons. The number of para-hydroxylation sites is 1. The Kier molecular flexibility index (Phi) is 4.92. The van der Waals surface area contributed by atoms with E-state index in [1.54, 1.807) is 6.07 Å². The zero-order chi connectivity index (χ0) is 21.2. The first kappa shape index (κ1) is 19.0. The average molecular weight is 409 g/mol. The highest BCUT2D eigenvalue weighted by atomic mass is 16.6. The number of nitrogens with zero attached hydrogens (tertiary/aromatic N) is 1. The maximum absolute atomic E-state index is 12.9. The summed E-state index contributed by atoms with van der Waals surface area (Å²) < 4.78 is 10.3. The first-order valence-corrected chi connectivity index (χ1v) is 10.1. The van der Waals surface area contributed by atoms with E-state index in [1.807, 2.05) is 66.7 Å². The second kappa shape index (κ2) is 8.03. The van der Waals surface area contributed by atoms with Gasteiger partial charge in [0, 0.05) is 17.4 Å². The minimum Gasteiger partial charge on any atom is -0.463 e. The number of carbonyl (C=O) groups is 2. The molecule has 1 atom stereocenters. The van der Waals surface area contributed by atoms with Gasteiger partial charge in [0.2, 0.25) is 6.10 Å². The zero-order valence-corrected chi connectivity index (χ0v) is 16.7. The number of fused-ring (bicyclic) bond motifs is 1. The summed E-state index contributed by atoms with van der Waals surface area (Å²) >= 11 is 0. The number of hydrogen-bond acceptors (Lipinski definition) is 5. The molecule has 0 unspecified atom stereocenters. The number of pyridine rings is 1. The third-order valence-corrected chi connectivity index (χ3v) is 5.36. The molecule has 0 aliphatic carbocycles. The first-order chi connectivity index (χ1) is 15.2. The van der Waals surface area contributed by atoms with Gasteiger partial charge in [-0.3, -0.25) is 0 Å². The molecule has 1 saturated heterocycles. The van der Waals surface area contributed by atoms with Gasteiger partial charge in [0.05, 0.1) is 23.4 Å². The molecule has 5 heteroatoms. The molecule has 4 aromatic rings. The molecule has 0 spiro atoms. The van der Waals surface area contributed by atoms with Crippen molar-refractivity contribution >= 4 is 22.8 Å². The quantitative estimate of drug-likeness (QED) is 0.442. The fourth-order valence-electron chi connectivity index (χ4n) is 3.73. The van der Waals surface area contributed by atoms with Crippen LogP contribution >= 0.6 is 0 Å². The van der Waals surface area contributed by atoms with E-state index >= 15 is 0 Å². The van der Waals surface area contributed by atoms with E-state index in [4.69, 9.17) is 14.5 Å². The van der Waals surface area contributed by atoms with Crippen LogP contribution in [-0.4, -0.2) is 29.6 Å². The summed E-state index contributed by atoms with van der Waals surface area (Å²) in [5.74, 6) is -1.05. The Morgan fingerprint density at radius 3 is 2.29 bits per heavy atom. The summed E-state index contributed by atoms with van der Waals surface area (Å²) in [5, 5.41) is 0.684. The monoisotopic (exact) mass is 409 g/mol. The Hall–Kier alpha value is -3.99.